The van der Waals surface area contributed by atoms with Gasteiger partial charge in [-0.25, -0.2) is 0 Å². The molecule has 1 saturated heterocycles. The molecular formula is C13H12ClN3S. The van der Waals surface area contributed by atoms with Crippen LogP contribution in [-0.4, -0.2) is 28.4 Å². The maximum absolute atomic E-state index is 8.70. The quantitative estimate of drug-likeness (QED) is 0.741. The van der Waals surface area contributed by atoms with Crippen LogP contribution in [0.3, 0.4) is 0 Å². The molecule has 0 aromatic heterocycles. The number of thioether (sulfide) groups is 1. The molecule has 0 saturated carbocycles. The number of nitrogens with zero attached hydrogens (tertiary/aromatic N) is 3. The predicted molar refractivity (Wildman–Crippen MR) is 74.9 cm³/mol. The first kappa shape index (κ1) is 11.9. The Hall–Kier alpha value is -1.18. The molecule has 1 aliphatic heterocycles. The number of halogens is 1. The lowest BCUT2D eigenvalue weighted by molar-refractivity contribution is 0.349. The van der Waals surface area contributed by atoms with Gasteiger partial charge in [0.15, 0.2) is 5.17 Å². The van der Waals surface area contributed by atoms with Gasteiger partial charge in [0.25, 0.3) is 0 Å². The van der Waals surface area contributed by atoms with Gasteiger partial charge in [0.1, 0.15) is 0 Å². The topological polar surface area (TPSA) is 39.4 Å². The largest absolute Gasteiger partial charge is 0.346 e. The van der Waals surface area contributed by atoms with Crippen molar-refractivity contribution in [1.82, 2.24) is 4.90 Å². The summed E-state index contributed by atoms with van der Waals surface area (Å²) in [5.74, 6) is 1.02. The summed E-state index contributed by atoms with van der Waals surface area (Å²) in [6.07, 6.45) is 3.92. The average Bonchev–Trinajstić information content (AvgIpc) is 2.94. The number of aliphatic imine (C=N–C) groups is 1. The Kier molecular flexibility index (Phi) is 3.19. The maximum Gasteiger partial charge on any atom is 0.208 e. The number of rotatable bonds is 1. The Labute approximate surface area is 115 Å². The van der Waals surface area contributed by atoms with E-state index in [2.05, 4.69) is 22.0 Å². The molecule has 1 aromatic rings. The van der Waals surface area contributed by atoms with Gasteiger partial charge >= 0.3 is 0 Å². The molecule has 1 aromatic carbocycles. The van der Waals surface area contributed by atoms with Crippen molar-refractivity contribution in [2.45, 2.75) is 18.9 Å². The van der Waals surface area contributed by atoms with E-state index >= 15 is 0 Å². The summed E-state index contributed by atoms with van der Waals surface area (Å²) in [6, 6.07) is 6.55. The molecule has 5 heteroatoms. The van der Waals surface area contributed by atoms with Gasteiger partial charge in [0, 0.05) is 23.4 Å². The molecule has 1 atom stereocenters. The van der Waals surface area contributed by atoms with Gasteiger partial charge in [-0.05, 0) is 36.1 Å². The fourth-order valence-electron chi connectivity index (χ4n) is 2.68. The first-order valence-electron chi connectivity index (χ1n) is 5.91. The summed E-state index contributed by atoms with van der Waals surface area (Å²) in [4.78, 5) is 6.18. The third kappa shape index (κ3) is 2.09. The zero-order chi connectivity index (χ0) is 12.5. The third-order valence-electron chi connectivity index (χ3n) is 3.47. The highest BCUT2D eigenvalue weighted by Gasteiger charge is 2.32. The van der Waals surface area contributed by atoms with E-state index in [-0.39, 0.29) is 0 Å². The van der Waals surface area contributed by atoms with Crippen LogP contribution in [-0.2, 0) is 12.8 Å². The normalized spacial score (nSPS) is 24.3. The van der Waals surface area contributed by atoms with Gasteiger partial charge in [-0.1, -0.05) is 29.4 Å². The minimum absolute atomic E-state index is 0.431. The van der Waals surface area contributed by atoms with Crippen LogP contribution >= 0.6 is 23.4 Å². The van der Waals surface area contributed by atoms with Crippen molar-refractivity contribution in [2.24, 2.45) is 4.99 Å². The zero-order valence-corrected chi connectivity index (χ0v) is 11.3. The Morgan fingerprint density at radius 2 is 2.22 bits per heavy atom. The van der Waals surface area contributed by atoms with Crippen molar-refractivity contribution in [1.29, 1.82) is 5.26 Å². The van der Waals surface area contributed by atoms with Gasteiger partial charge < -0.3 is 4.90 Å². The van der Waals surface area contributed by atoms with E-state index in [1.165, 1.54) is 11.1 Å². The number of nitriles is 1. The number of hydrogen-bond donors (Lipinski definition) is 0. The van der Waals surface area contributed by atoms with Crippen LogP contribution in [0.2, 0.25) is 5.02 Å². The molecule has 92 valence electrons. The monoisotopic (exact) mass is 277 g/mol. The van der Waals surface area contributed by atoms with E-state index in [9.17, 15) is 0 Å². The van der Waals surface area contributed by atoms with Crippen molar-refractivity contribution in [2.75, 3.05) is 12.3 Å². The van der Waals surface area contributed by atoms with Gasteiger partial charge in [-0.2, -0.15) is 5.26 Å². The Morgan fingerprint density at radius 3 is 3.06 bits per heavy atom. The van der Waals surface area contributed by atoms with E-state index in [0.29, 0.717) is 6.04 Å². The van der Waals surface area contributed by atoms with Crippen molar-refractivity contribution in [3.8, 4) is 6.19 Å². The second kappa shape index (κ2) is 4.83. The lowest BCUT2D eigenvalue weighted by Crippen LogP contribution is -2.36. The molecule has 1 aliphatic carbocycles. The second-order valence-corrected chi connectivity index (χ2v) is 6.01. The van der Waals surface area contributed by atoms with Gasteiger partial charge in [-0.15, -0.1) is 4.99 Å². The Balaban J connectivity index is 1.82. The molecule has 0 bridgehead atoms. The highest BCUT2D eigenvalue weighted by atomic mass is 35.5. The minimum Gasteiger partial charge on any atom is -0.346 e. The van der Waals surface area contributed by atoms with Crippen molar-refractivity contribution in [3.63, 3.8) is 0 Å². The fraction of sp³-hybridized carbons (Fsp3) is 0.385. The zero-order valence-electron chi connectivity index (χ0n) is 9.77. The van der Waals surface area contributed by atoms with Crippen molar-refractivity contribution >= 4 is 28.5 Å². The number of benzene rings is 1. The highest BCUT2D eigenvalue weighted by molar-refractivity contribution is 8.14. The molecule has 1 fully saturated rings. The molecule has 0 amide bonds. The standard InChI is InChI=1S/C13H12ClN3S/c14-11-2-1-9-6-12(7-10(9)5-11)17-3-4-18-13(17)16-8-15/h1-2,5,12H,3-4,6-7H2. The Morgan fingerprint density at radius 1 is 1.39 bits per heavy atom. The van der Waals surface area contributed by atoms with Gasteiger partial charge in [-0.3, -0.25) is 0 Å². The molecule has 2 aliphatic rings. The van der Waals surface area contributed by atoms with Crippen molar-refractivity contribution < 1.29 is 0 Å². The molecular weight excluding hydrogens is 266 g/mol. The summed E-state index contributed by atoms with van der Waals surface area (Å²) in [7, 11) is 0. The predicted octanol–water partition coefficient (Wildman–Crippen LogP) is 2.69. The lowest BCUT2D eigenvalue weighted by atomic mass is 10.1. The van der Waals surface area contributed by atoms with Crippen LogP contribution in [0, 0.1) is 11.5 Å². The molecule has 0 spiro atoms. The maximum atomic E-state index is 8.70. The molecule has 3 rings (SSSR count). The summed E-state index contributed by atoms with van der Waals surface area (Å²) in [6.45, 7) is 0.984. The molecule has 0 N–H and O–H groups in total. The molecule has 1 unspecified atom stereocenters. The second-order valence-electron chi connectivity index (χ2n) is 4.51. The fourth-order valence-corrected chi connectivity index (χ4v) is 3.85. The number of amidine groups is 1. The first-order valence-corrected chi connectivity index (χ1v) is 7.28. The SMILES string of the molecule is N#CN=C1SCCN1C1Cc2ccc(Cl)cc2C1. The van der Waals surface area contributed by atoms with Crippen LogP contribution in [0.15, 0.2) is 23.2 Å². The van der Waals surface area contributed by atoms with E-state index in [1.807, 2.05) is 12.3 Å². The van der Waals surface area contributed by atoms with Crippen LogP contribution in [0.25, 0.3) is 0 Å². The van der Waals surface area contributed by atoms with Gasteiger partial charge in [0.05, 0.1) is 0 Å². The summed E-state index contributed by atoms with van der Waals surface area (Å²) in [5, 5.41) is 10.4. The van der Waals surface area contributed by atoms with Crippen LogP contribution in [0.4, 0.5) is 0 Å². The van der Waals surface area contributed by atoms with E-state index in [1.54, 1.807) is 11.8 Å². The van der Waals surface area contributed by atoms with E-state index < -0.39 is 0 Å². The van der Waals surface area contributed by atoms with Crippen LogP contribution < -0.4 is 0 Å². The average molecular weight is 278 g/mol. The van der Waals surface area contributed by atoms with E-state index in [0.717, 1.165) is 35.3 Å². The highest BCUT2D eigenvalue weighted by Crippen LogP contribution is 2.31. The molecule has 1 heterocycles. The Bertz CT molecular complexity index is 550. The lowest BCUT2D eigenvalue weighted by Gasteiger charge is -2.24. The summed E-state index contributed by atoms with van der Waals surface area (Å²) < 4.78 is 0. The summed E-state index contributed by atoms with van der Waals surface area (Å²) >= 11 is 7.70. The molecule has 0 radical (unpaired) electrons. The minimum atomic E-state index is 0.431. The van der Waals surface area contributed by atoms with Crippen LogP contribution in [0.5, 0.6) is 0 Å². The smallest absolute Gasteiger partial charge is 0.208 e. The van der Waals surface area contributed by atoms with Gasteiger partial charge in [0.2, 0.25) is 6.19 Å². The number of hydrogen-bond acceptors (Lipinski definition) is 3. The first-order chi connectivity index (χ1) is 8.78. The molecule has 18 heavy (non-hydrogen) atoms. The molecule has 3 nitrogen and oxygen atoms in total. The third-order valence-corrected chi connectivity index (χ3v) is 4.68. The van der Waals surface area contributed by atoms with Crippen molar-refractivity contribution in [3.05, 3.63) is 34.3 Å². The van der Waals surface area contributed by atoms with E-state index in [4.69, 9.17) is 16.9 Å². The van der Waals surface area contributed by atoms with Crippen LogP contribution in [0.1, 0.15) is 11.1 Å². The number of fused-ring (bicyclic) bond motifs is 1. The summed E-state index contributed by atoms with van der Waals surface area (Å²) in [5.41, 5.74) is 2.71.